The molecular weight excluding hydrogens is 339 g/mol. The number of ether oxygens (including phenoxy) is 1. The van der Waals surface area contributed by atoms with E-state index in [4.69, 9.17) is 14.0 Å². The molecule has 0 spiro atoms. The Labute approximate surface area is 163 Å². The average molecular weight is 370 g/mol. The second kappa shape index (κ2) is 8.45. The third kappa shape index (κ3) is 5.11. The highest BCUT2D eigenvalue weighted by Crippen LogP contribution is 2.40. The van der Waals surface area contributed by atoms with Gasteiger partial charge in [-0.2, -0.15) is 0 Å². The van der Waals surface area contributed by atoms with Crippen molar-refractivity contribution < 1.29 is 18.8 Å². The van der Waals surface area contributed by atoms with E-state index in [9.17, 15) is 4.79 Å². The number of carbonyl (C=O) groups excluding carboxylic acids is 1. The summed E-state index contributed by atoms with van der Waals surface area (Å²) in [6.07, 6.45) is 4.20. The third-order valence-electron chi connectivity index (χ3n) is 5.45. The van der Waals surface area contributed by atoms with Crippen molar-refractivity contribution in [1.82, 2.24) is 0 Å². The molecule has 1 aliphatic rings. The summed E-state index contributed by atoms with van der Waals surface area (Å²) in [5.41, 5.74) is 0.969. The smallest absolute Gasteiger partial charge is 0.458 e. The van der Waals surface area contributed by atoms with Crippen LogP contribution in [0.1, 0.15) is 53.5 Å². The van der Waals surface area contributed by atoms with Crippen LogP contribution in [0.5, 0.6) is 0 Å². The van der Waals surface area contributed by atoms with E-state index >= 15 is 0 Å². The Kier molecular flexibility index (Phi) is 6.71. The zero-order valence-electron chi connectivity index (χ0n) is 17.3. The third-order valence-corrected chi connectivity index (χ3v) is 5.45. The molecule has 0 N–H and O–H groups in total. The lowest BCUT2D eigenvalue weighted by Gasteiger charge is -2.32. The first-order chi connectivity index (χ1) is 12.6. The molecule has 27 heavy (non-hydrogen) atoms. The van der Waals surface area contributed by atoms with Gasteiger partial charge in [0.2, 0.25) is 0 Å². The predicted octanol–water partition coefficient (Wildman–Crippen LogP) is 4.85. The van der Waals surface area contributed by atoms with Gasteiger partial charge in [0.15, 0.2) is 0 Å². The first-order valence-electron chi connectivity index (χ1n) is 9.52. The van der Waals surface area contributed by atoms with Gasteiger partial charge in [-0.25, -0.2) is 0 Å². The molecule has 0 unspecified atom stereocenters. The standard InChI is InChI=1S/C22H31BO4/c1-8-19(16(2)23-26-21(4,5)22(6,7)27-23)20(25-17(3)24)15-14-18-12-10-9-11-13-18/h9-15,19-20H,2,8H2,1,3-7H3/b15-14+/t19-,20+/m1/s1. The van der Waals surface area contributed by atoms with E-state index in [1.54, 1.807) is 0 Å². The van der Waals surface area contributed by atoms with Crippen LogP contribution in [0.2, 0.25) is 0 Å². The van der Waals surface area contributed by atoms with Crippen molar-refractivity contribution in [2.24, 2.45) is 5.92 Å². The Hall–Kier alpha value is -1.85. The minimum atomic E-state index is -0.525. The van der Waals surface area contributed by atoms with E-state index < -0.39 is 24.4 Å². The molecule has 1 aromatic carbocycles. The van der Waals surface area contributed by atoms with Crippen LogP contribution in [0, 0.1) is 5.92 Å². The maximum absolute atomic E-state index is 11.7. The summed E-state index contributed by atoms with van der Waals surface area (Å²) in [6.45, 7) is 15.8. The van der Waals surface area contributed by atoms with Gasteiger partial charge in [0.25, 0.3) is 0 Å². The molecular formula is C22H31BO4. The molecule has 0 saturated carbocycles. The maximum Gasteiger partial charge on any atom is 0.490 e. The number of hydrogen-bond donors (Lipinski definition) is 0. The lowest BCUT2D eigenvalue weighted by Crippen LogP contribution is -2.41. The molecule has 0 bridgehead atoms. The second-order valence-electron chi connectivity index (χ2n) is 8.02. The van der Waals surface area contributed by atoms with Crippen LogP contribution in [0.4, 0.5) is 0 Å². The minimum absolute atomic E-state index is 0.108. The Morgan fingerprint density at radius 3 is 2.22 bits per heavy atom. The van der Waals surface area contributed by atoms with Crippen LogP contribution < -0.4 is 0 Å². The van der Waals surface area contributed by atoms with Gasteiger partial charge in [0.1, 0.15) is 6.10 Å². The summed E-state index contributed by atoms with van der Waals surface area (Å²) in [7, 11) is -0.525. The van der Waals surface area contributed by atoms with E-state index in [0.717, 1.165) is 17.5 Å². The monoisotopic (exact) mass is 370 g/mol. The number of carbonyl (C=O) groups is 1. The Balaban J connectivity index is 2.22. The van der Waals surface area contributed by atoms with Crippen molar-refractivity contribution in [2.75, 3.05) is 0 Å². The van der Waals surface area contributed by atoms with Crippen LogP contribution >= 0.6 is 0 Å². The zero-order chi connectivity index (χ0) is 20.2. The highest BCUT2D eigenvalue weighted by Gasteiger charge is 2.53. The molecule has 0 aliphatic carbocycles. The van der Waals surface area contributed by atoms with Crippen molar-refractivity contribution >= 4 is 19.2 Å². The first-order valence-corrected chi connectivity index (χ1v) is 9.52. The van der Waals surface area contributed by atoms with Gasteiger partial charge >= 0.3 is 13.1 Å². The number of esters is 1. The molecule has 2 rings (SSSR count). The molecule has 0 radical (unpaired) electrons. The molecule has 1 fully saturated rings. The highest BCUT2D eigenvalue weighted by molar-refractivity contribution is 6.54. The molecule has 4 nitrogen and oxygen atoms in total. The van der Waals surface area contributed by atoms with Crippen molar-refractivity contribution in [1.29, 1.82) is 0 Å². The Morgan fingerprint density at radius 2 is 1.74 bits per heavy atom. The Morgan fingerprint density at radius 1 is 1.19 bits per heavy atom. The van der Waals surface area contributed by atoms with Gasteiger partial charge in [-0.15, -0.1) is 6.58 Å². The van der Waals surface area contributed by atoms with Gasteiger partial charge in [0.05, 0.1) is 11.2 Å². The molecule has 1 saturated heterocycles. The summed E-state index contributed by atoms with van der Waals surface area (Å²) in [6, 6.07) is 9.93. The van der Waals surface area contributed by atoms with Crippen LogP contribution in [0.25, 0.3) is 6.08 Å². The van der Waals surface area contributed by atoms with Crippen LogP contribution in [0.3, 0.4) is 0 Å². The second-order valence-corrected chi connectivity index (χ2v) is 8.02. The maximum atomic E-state index is 11.7. The van der Waals surface area contributed by atoms with Crippen molar-refractivity contribution in [2.45, 2.75) is 65.3 Å². The minimum Gasteiger partial charge on any atom is -0.458 e. The molecule has 146 valence electrons. The van der Waals surface area contributed by atoms with E-state index in [-0.39, 0.29) is 11.9 Å². The summed E-state index contributed by atoms with van der Waals surface area (Å²) < 4.78 is 17.9. The average Bonchev–Trinajstić information content (AvgIpc) is 2.81. The van der Waals surface area contributed by atoms with Crippen molar-refractivity contribution in [3.05, 3.63) is 54.0 Å². The fraction of sp³-hybridized carbons (Fsp3) is 0.500. The summed E-state index contributed by atoms with van der Waals surface area (Å²) in [5, 5.41) is 0. The van der Waals surface area contributed by atoms with Crippen molar-refractivity contribution in [3.63, 3.8) is 0 Å². The van der Waals surface area contributed by atoms with Gasteiger partial charge in [-0.05, 0) is 51.2 Å². The van der Waals surface area contributed by atoms with Gasteiger partial charge < -0.3 is 14.0 Å². The molecule has 0 amide bonds. The lowest BCUT2D eigenvalue weighted by molar-refractivity contribution is -0.145. The van der Waals surface area contributed by atoms with Gasteiger partial charge in [0, 0.05) is 12.8 Å². The normalized spacial score (nSPS) is 20.4. The Bertz CT molecular complexity index is 678. The molecule has 0 aromatic heterocycles. The summed E-state index contributed by atoms with van der Waals surface area (Å²) >= 11 is 0. The zero-order valence-corrected chi connectivity index (χ0v) is 17.3. The predicted molar refractivity (Wildman–Crippen MR) is 110 cm³/mol. The number of hydrogen-bond acceptors (Lipinski definition) is 4. The first kappa shape index (κ1) is 21.5. The van der Waals surface area contributed by atoms with Crippen LogP contribution in [-0.4, -0.2) is 30.4 Å². The topological polar surface area (TPSA) is 44.8 Å². The van der Waals surface area contributed by atoms with Gasteiger partial charge in [-0.1, -0.05) is 43.3 Å². The quantitative estimate of drug-likeness (QED) is 0.509. The van der Waals surface area contributed by atoms with E-state index in [2.05, 4.69) is 6.58 Å². The SMILES string of the molecule is C=C(B1OC(C)(C)C(C)(C)O1)[C@@H](CC)[C@H](/C=C/c1ccccc1)OC(C)=O. The number of rotatable bonds is 7. The largest absolute Gasteiger partial charge is 0.490 e. The van der Waals surface area contributed by atoms with E-state index in [0.29, 0.717) is 0 Å². The van der Waals surface area contributed by atoms with E-state index in [1.807, 2.05) is 77.1 Å². The molecule has 1 aliphatic heterocycles. The number of benzene rings is 1. The molecule has 1 heterocycles. The van der Waals surface area contributed by atoms with Gasteiger partial charge in [-0.3, -0.25) is 4.79 Å². The molecule has 1 aromatic rings. The highest BCUT2D eigenvalue weighted by atomic mass is 16.7. The fourth-order valence-corrected chi connectivity index (χ4v) is 3.09. The molecule has 2 atom stereocenters. The summed E-state index contributed by atoms with van der Waals surface area (Å²) in [4.78, 5) is 11.7. The van der Waals surface area contributed by atoms with E-state index in [1.165, 1.54) is 6.92 Å². The van der Waals surface area contributed by atoms with Crippen molar-refractivity contribution in [3.8, 4) is 0 Å². The lowest BCUT2D eigenvalue weighted by atomic mass is 9.69. The van der Waals surface area contributed by atoms with Crippen LogP contribution in [0.15, 0.2) is 48.5 Å². The van der Waals surface area contributed by atoms with Crippen LogP contribution in [-0.2, 0) is 18.8 Å². The fourth-order valence-electron chi connectivity index (χ4n) is 3.09. The summed E-state index contributed by atoms with van der Waals surface area (Å²) in [5.74, 6) is -0.429. The molecule has 5 heteroatoms.